The lowest BCUT2D eigenvalue weighted by Crippen LogP contribution is -2.36. The minimum Gasteiger partial charge on any atom is -0.462 e. The third-order valence-corrected chi connectivity index (χ3v) is 7.40. The van der Waals surface area contributed by atoms with E-state index >= 15 is 0 Å². The second-order valence-electron chi connectivity index (χ2n) is 7.62. The topological polar surface area (TPSA) is 81.0 Å². The number of esters is 1. The van der Waals surface area contributed by atoms with Gasteiger partial charge in [0.2, 0.25) is 5.91 Å². The van der Waals surface area contributed by atoms with Crippen molar-refractivity contribution in [2.45, 2.75) is 19.8 Å². The highest BCUT2D eigenvalue weighted by molar-refractivity contribution is 8.00. The van der Waals surface area contributed by atoms with E-state index in [9.17, 15) is 14.4 Å². The predicted molar refractivity (Wildman–Crippen MR) is 132 cm³/mol. The number of amides is 2. The minimum absolute atomic E-state index is 0.0128. The van der Waals surface area contributed by atoms with Crippen molar-refractivity contribution >= 4 is 56.8 Å². The molecule has 1 aliphatic heterocycles. The standard InChI is InChI=1S/C24H25N3O4S2/c1-3-31-23(30)17-10-11-19-20(13-17)33-24(26(19)2)25-21(28)14-32-15-22(29)27-12-6-8-16-7-4-5-9-18(16)27/h4-5,7,9-11,13H,3,6,8,12,14-15H2,1-2H3. The van der Waals surface area contributed by atoms with E-state index in [1.165, 1.54) is 28.7 Å². The van der Waals surface area contributed by atoms with Crippen molar-refractivity contribution in [2.75, 3.05) is 29.6 Å². The summed E-state index contributed by atoms with van der Waals surface area (Å²) in [6, 6.07) is 13.3. The van der Waals surface area contributed by atoms with Crippen LogP contribution < -0.4 is 9.70 Å². The molecule has 2 heterocycles. The van der Waals surface area contributed by atoms with Gasteiger partial charge in [0, 0.05) is 19.3 Å². The SMILES string of the molecule is CCOC(=O)c1ccc2c(c1)sc(=NC(=O)CSCC(=O)N1CCCc3ccccc31)n2C. The number of hydrogen-bond donors (Lipinski definition) is 0. The second-order valence-corrected chi connectivity index (χ2v) is 9.62. The third-order valence-electron chi connectivity index (χ3n) is 5.40. The molecule has 0 bridgehead atoms. The van der Waals surface area contributed by atoms with Gasteiger partial charge >= 0.3 is 5.97 Å². The Morgan fingerprint density at radius 2 is 1.97 bits per heavy atom. The number of carbonyl (C=O) groups excluding carboxylic acids is 3. The van der Waals surface area contributed by atoms with E-state index in [2.05, 4.69) is 11.1 Å². The fraction of sp³-hybridized carbons (Fsp3) is 0.333. The number of aryl methyl sites for hydroxylation is 2. The zero-order valence-corrected chi connectivity index (χ0v) is 20.2. The highest BCUT2D eigenvalue weighted by Crippen LogP contribution is 2.27. The van der Waals surface area contributed by atoms with E-state index in [1.807, 2.05) is 40.8 Å². The van der Waals surface area contributed by atoms with E-state index in [1.54, 1.807) is 19.1 Å². The predicted octanol–water partition coefficient (Wildman–Crippen LogP) is 3.56. The lowest BCUT2D eigenvalue weighted by molar-refractivity contribution is -0.116. The Morgan fingerprint density at radius 3 is 2.79 bits per heavy atom. The maximum absolute atomic E-state index is 12.7. The van der Waals surface area contributed by atoms with Crippen LogP contribution in [0.3, 0.4) is 0 Å². The number of aromatic nitrogens is 1. The fourth-order valence-corrected chi connectivity index (χ4v) is 5.56. The number of fused-ring (bicyclic) bond motifs is 2. The molecule has 0 saturated heterocycles. The van der Waals surface area contributed by atoms with Crippen LogP contribution in [0.25, 0.3) is 10.2 Å². The van der Waals surface area contributed by atoms with Crippen LogP contribution in [0.15, 0.2) is 47.5 Å². The average Bonchev–Trinajstić information content (AvgIpc) is 3.13. The van der Waals surface area contributed by atoms with Gasteiger partial charge in [-0.1, -0.05) is 29.5 Å². The molecule has 9 heteroatoms. The number of para-hydroxylation sites is 1. The largest absolute Gasteiger partial charge is 0.462 e. The maximum Gasteiger partial charge on any atom is 0.338 e. The van der Waals surface area contributed by atoms with Gasteiger partial charge in [-0.2, -0.15) is 4.99 Å². The first kappa shape index (κ1) is 23.3. The van der Waals surface area contributed by atoms with Crippen LogP contribution in [-0.4, -0.2) is 47.0 Å². The summed E-state index contributed by atoms with van der Waals surface area (Å²) in [5.41, 5.74) is 3.52. The summed E-state index contributed by atoms with van der Waals surface area (Å²) in [4.78, 5) is 43.8. The highest BCUT2D eigenvalue weighted by Gasteiger charge is 2.22. The Balaban J connectivity index is 1.40. The maximum atomic E-state index is 12.7. The Labute approximate surface area is 200 Å². The lowest BCUT2D eigenvalue weighted by atomic mass is 10.0. The molecule has 4 rings (SSSR count). The van der Waals surface area contributed by atoms with Crippen molar-refractivity contribution in [3.8, 4) is 0 Å². The van der Waals surface area contributed by atoms with Crippen molar-refractivity contribution in [3.05, 3.63) is 58.4 Å². The highest BCUT2D eigenvalue weighted by atomic mass is 32.2. The van der Waals surface area contributed by atoms with E-state index in [-0.39, 0.29) is 29.3 Å². The van der Waals surface area contributed by atoms with E-state index in [0.29, 0.717) is 23.5 Å². The van der Waals surface area contributed by atoms with Gasteiger partial charge in [0.05, 0.1) is 33.9 Å². The van der Waals surface area contributed by atoms with Gasteiger partial charge in [0.25, 0.3) is 5.91 Å². The Morgan fingerprint density at radius 1 is 1.15 bits per heavy atom. The number of anilines is 1. The molecule has 33 heavy (non-hydrogen) atoms. The molecule has 0 saturated carbocycles. The first-order chi connectivity index (χ1) is 16.0. The number of thioether (sulfide) groups is 1. The summed E-state index contributed by atoms with van der Waals surface area (Å²) in [7, 11) is 1.83. The second kappa shape index (κ2) is 10.4. The molecule has 1 aliphatic rings. The van der Waals surface area contributed by atoms with E-state index < -0.39 is 0 Å². The summed E-state index contributed by atoms with van der Waals surface area (Å²) < 4.78 is 7.73. The van der Waals surface area contributed by atoms with Crippen molar-refractivity contribution in [1.82, 2.24) is 4.57 Å². The van der Waals surface area contributed by atoms with Crippen LogP contribution in [0.5, 0.6) is 0 Å². The quantitative estimate of drug-likeness (QED) is 0.501. The molecular formula is C24H25N3O4S2. The number of carbonyl (C=O) groups is 3. The monoisotopic (exact) mass is 483 g/mol. The van der Waals surface area contributed by atoms with Gasteiger partial charge in [-0.25, -0.2) is 4.79 Å². The number of thiazole rings is 1. The number of benzene rings is 2. The third kappa shape index (κ3) is 5.20. The summed E-state index contributed by atoms with van der Waals surface area (Å²) in [5, 5.41) is 0. The van der Waals surface area contributed by atoms with E-state index in [4.69, 9.17) is 4.74 Å². The summed E-state index contributed by atoms with van der Waals surface area (Å²) in [6.45, 7) is 2.79. The minimum atomic E-state index is -0.373. The molecule has 1 aromatic heterocycles. The van der Waals surface area contributed by atoms with Gasteiger partial charge in [0.15, 0.2) is 4.80 Å². The van der Waals surface area contributed by atoms with Gasteiger partial charge in [0.1, 0.15) is 0 Å². The van der Waals surface area contributed by atoms with Crippen LogP contribution in [0, 0.1) is 0 Å². The normalized spacial score (nSPS) is 13.8. The summed E-state index contributed by atoms with van der Waals surface area (Å²) >= 11 is 2.62. The number of nitrogens with zero attached hydrogens (tertiary/aromatic N) is 3. The molecule has 0 radical (unpaired) electrons. The zero-order chi connectivity index (χ0) is 23.4. The Bertz CT molecular complexity index is 1280. The van der Waals surface area contributed by atoms with Crippen molar-refractivity contribution in [3.63, 3.8) is 0 Å². The number of ether oxygens (including phenoxy) is 1. The molecule has 3 aromatic rings. The number of rotatable bonds is 6. The molecule has 172 valence electrons. The molecule has 7 nitrogen and oxygen atoms in total. The van der Waals surface area contributed by atoms with Crippen molar-refractivity contribution in [1.29, 1.82) is 0 Å². The van der Waals surface area contributed by atoms with Crippen molar-refractivity contribution in [2.24, 2.45) is 12.0 Å². The average molecular weight is 484 g/mol. The van der Waals surface area contributed by atoms with Gasteiger partial charge < -0.3 is 14.2 Å². The molecule has 0 atom stereocenters. The zero-order valence-electron chi connectivity index (χ0n) is 18.6. The van der Waals surface area contributed by atoms with Gasteiger partial charge in [-0.15, -0.1) is 11.8 Å². The molecular weight excluding hydrogens is 458 g/mol. The molecule has 0 spiro atoms. The van der Waals surface area contributed by atoms with Crippen LogP contribution in [0.2, 0.25) is 0 Å². The fourth-order valence-electron chi connectivity index (χ4n) is 3.82. The first-order valence-electron chi connectivity index (χ1n) is 10.8. The van der Waals surface area contributed by atoms with E-state index in [0.717, 1.165) is 28.7 Å². The molecule has 2 aromatic carbocycles. The molecule has 0 N–H and O–H groups in total. The van der Waals surface area contributed by atoms with Gasteiger partial charge in [-0.05, 0) is 49.6 Å². The smallest absolute Gasteiger partial charge is 0.338 e. The molecule has 0 fully saturated rings. The van der Waals surface area contributed by atoms with Crippen molar-refractivity contribution < 1.29 is 19.1 Å². The van der Waals surface area contributed by atoms with Crippen LogP contribution in [0.1, 0.15) is 29.3 Å². The van der Waals surface area contributed by atoms with Gasteiger partial charge in [-0.3, -0.25) is 9.59 Å². The lowest BCUT2D eigenvalue weighted by Gasteiger charge is -2.29. The van der Waals surface area contributed by atoms with Crippen LogP contribution in [-0.2, 0) is 27.8 Å². The molecule has 2 amide bonds. The van der Waals surface area contributed by atoms with Crippen LogP contribution >= 0.6 is 23.1 Å². The first-order valence-corrected chi connectivity index (χ1v) is 12.8. The Hall–Kier alpha value is -2.91. The summed E-state index contributed by atoms with van der Waals surface area (Å²) in [5.74, 6) is -0.290. The van der Waals surface area contributed by atoms with Crippen LogP contribution in [0.4, 0.5) is 5.69 Å². The Kier molecular flexibility index (Phi) is 7.29. The molecule has 0 aliphatic carbocycles. The number of hydrogen-bond acceptors (Lipinski definition) is 6. The molecule has 0 unspecified atom stereocenters. The summed E-state index contributed by atoms with van der Waals surface area (Å²) in [6.07, 6.45) is 1.93.